The van der Waals surface area contributed by atoms with E-state index in [9.17, 15) is 23.9 Å². The van der Waals surface area contributed by atoms with Crippen molar-refractivity contribution in [1.82, 2.24) is 15.2 Å². The highest BCUT2D eigenvalue weighted by Gasteiger charge is 2.29. The van der Waals surface area contributed by atoms with Crippen LogP contribution in [0.25, 0.3) is 11.6 Å². The van der Waals surface area contributed by atoms with E-state index in [0.717, 1.165) is 19.3 Å². The lowest BCUT2D eigenvalue weighted by Crippen LogP contribution is -2.51. The number of rotatable bonds is 5. The minimum atomic E-state index is -1.03. The predicted molar refractivity (Wildman–Crippen MR) is 122 cm³/mol. The van der Waals surface area contributed by atoms with E-state index in [1.54, 1.807) is 24.8 Å². The second-order valence-electron chi connectivity index (χ2n) is 8.46. The monoisotopic (exact) mass is 454 g/mol. The molecule has 0 saturated carbocycles. The molecule has 174 valence electrons. The maximum absolute atomic E-state index is 13.7. The van der Waals surface area contributed by atoms with Crippen LogP contribution in [-0.4, -0.2) is 58.5 Å². The lowest BCUT2D eigenvalue weighted by molar-refractivity contribution is -0.135. The van der Waals surface area contributed by atoms with Gasteiger partial charge in [-0.3, -0.25) is 14.4 Å². The molecular formula is C24H27FN4O4. The average molecular weight is 455 g/mol. The lowest BCUT2D eigenvalue weighted by atomic mass is 10.0. The fourth-order valence-electron chi connectivity index (χ4n) is 4.46. The van der Waals surface area contributed by atoms with Crippen LogP contribution in [0.15, 0.2) is 18.2 Å². The number of halogens is 1. The van der Waals surface area contributed by atoms with E-state index in [1.165, 1.54) is 18.2 Å². The number of benzene rings is 1. The van der Waals surface area contributed by atoms with Gasteiger partial charge in [-0.05, 0) is 62.9 Å². The Morgan fingerprint density at radius 3 is 2.67 bits per heavy atom. The van der Waals surface area contributed by atoms with Gasteiger partial charge in [0.05, 0.1) is 17.7 Å². The van der Waals surface area contributed by atoms with Crippen LogP contribution in [0.1, 0.15) is 52.1 Å². The standard InChI is InChI=1S/C24H27FN4O4/c1-13-19(11-17-16-10-15(25)6-7-18(16)27-22(17)31)26-14(2)21(13)23(32)28-20(12-30)24(33)29-8-4-3-5-9-29/h6-7,10-11,20,26,30H,3-5,8-9,12H2,1-2H3,(H,27,31)(H,28,32)/b17-11-/t20-/m1/s1. The van der Waals surface area contributed by atoms with Crippen molar-refractivity contribution in [2.45, 2.75) is 39.2 Å². The van der Waals surface area contributed by atoms with Gasteiger partial charge in [0.1, 0.15) is 11.9 Å². The van der Waals surface area contributed by atoms with Gasteiger partial charge in [0.2, 0.25) is 5.91 Å². The number of hydrogen-bond donors (Lipinski definition) is 4. The van der Waals surface area contributed by atoms with Crippen LogP contribution in [0.4, 0.5) is 10.1 Å². The zero-order valence-corrected chi connectivity index (χ0v) is 18.6. The number of nitrogens with one attached hydrogen (secondary N) is 3. The van der Waals surface area contributed by atoms with Crippen molar-refractivity contribution in [1.29, 1.82) is 0 Å². The number of aliphatic hydroxyl groups is 1. The van der Waals surface area contributed by atoms with Crippen LogP contribution >= 0.6 is 0 Å². The molecule has 3 amide bonds. The van der Waals surface area contributed by atoms with Gasteiger partial charge >= 0.3 is 0 Å². The Morgan fingerprint density at radius 2 is 1.97 bits per heavy atom. The fraction of sp³-hybridized carbons (Fsp3) is 0.375. The summed E-state index contributed by atoms with van der Waals surface area (Å²) in [6, 6.07) is 3.04. The topological polar surface area (TPSA) is 115 Å². The number of aryl methyl sites for hydroxylation is 1. The summed E-state index contributed by atoms with van der Waals surface area (Å²) in [7, 11) is 0. The van der Waals surface area contributed by atoms with Crippen molar-refractivity contribution in [2.24, 2.45) is 0 Å². The molecule has 0 bridgehead atoms. The number of hydrogen-bond acceptors (Lipinski definition) is 4. The molecule has 1 saturated heterocycles. The number of aliphatic hydroxyl groups excluding tert-OH is 1. The van der Waals surface area contributed by atoms with Crippen molar-refractivity contribution in [2.75, 3.05) is 25.0 Å². The molecule has 1 aromatic heterocycles. The number of aromatic nitrogens is 1. The molecular weight excluding hydrogens is 427 g/mol. The summed E-state index contributed by atoms with van der Waals surface area (Å²) in [5, 5.41) is 15.1. The largest absolute Gasteiger partial charge is 0.394 e. The molecule has 4 rings (SSSR count). The summed E-state index contributed by atoms with van der Waals surface area (Å²) >= 11 is 0. The third-order valence-electron chi connectivity index (χ3n) is 6.21. The van der Waals surface area contributed by atoms with E-state index in [-0.39, 0.29) is 17.4 Å². The second-order valence-corrected chi connectivity index (χ2v) is 8.46. The zero-order valence-electron chi connectivity index (χ0n) is 18.6. The van der Waals surface area contributed by atoms with Crippen LogP contribution in [0.2, 0.25) is 0 Å². The first-order chi connectivity index (χ1) is 15.8. The van der Waals surface area contributed by atoms with Crippen LogP contribution in [-0.2, 0) is 9.59 Å². The minimum Gasteiger partial charge on any atom is -0.394 e. The van der Waals surface area contributed by atoms with Gasteiger partial charge in [0.25, 0.3) is 11.8 Å². The van der Waals surface area contributed by atoms with Crippen molar-refractivity contribution >= 4 is 35.1 Å². The Kier molecular flexibility index (Phi) is 6.33. The van der Waals surface area contributed by atoms with Crippen LogP contribution in [0, 0.1) is 19.7 Å². The molecule has 0 radical (unpaired) electrons. The third-order valence-corrected chi connectivity index (χ3v) is 6.21. The Balaban J connectivity index is 1.58. The van der Waals surface area contributed by atoms with Gasteiger partial charge in [-0.2, -0.15) is 0 Å². The minimum absolute atomic E-state index is 0.286. The molecule has 0 aliphatic carbocycles. The summed E-state index contributed by atoms with van der Waals surface area (Å²) in [5.41, 5.74) is 3.26. The Labute approximate surface area is 190 Å². The molecule has 2 aliphatic rings. The highest BCUT2D eigenvalue weighted by atomic mass is 19.1. The molecule has 1 atom stereocenters. The average Bonchev–Trinajstić information content (AvgIpc) is 3.26. The quantitative estimate of drug-likeness (QED) is 0.519. The summed E-state index contributed by atoms with van der Waals surface area (Å²) in [6.45, 7) is 4.19. The van der Waals surface area contributed by atoms with Gasteiger partial charge in [-0.25, -0.2) is 4.39 Å². The molecule has 1 aromatic carbocycles. The number of H-pyrrole nitrogens is 1. The van der Waals surface area contributed by atoms with E-state index >= 15 is 0 Å². The number of anilines is 1. The van der Waals surface area contributed by atoms with E-state index in [2.05, 4.69) is 15.6 Å². The number of carbonyl (C=O) groups excluding carboxylic acids is 3. The highest BCUT2D eigenvalue weighted by Crippen LogP contribution is 2.34. The van der Waals surface area contributed by atoms with E-state index in [0.29, 0.717) is 46.9 Å². The Bertz CT molecular complexity index is 1150. The Morgan fingerprint density at radius 1 is 1.24 bits per heavy atom. The zero-order chi connectivity index (χ0) is 23.7. The number of likely N-dealkylation sites (tertiary alicyclic amines) is 1. The van der Waals surface area contributed by atoms with Gasteiger partial charge in [-0.1, -0.05) is 0 Å². The van der Waals surface area contributed by atoms with Crippen LogP contribution in [0.5, 0.6) is 0 Å². The first-order valence-electron chi connectivity index (χ1n) is 11.0. The summed E-state index contributed by atoms with van der Waals surface area (Å²) in [6.07, 6.45) is 4.47. The van der Waals surface area contributed by atoms with Crippen LogP contribution in [0.3, 0.4) is 0 Å². The van der Waals surface area contributed by atoms with Crippen LogP contribution < -0.4 is 10.6 Å². The van der Waals surface area contributed by atoms with Gasteiger partial charge in [-0.15, -0.1) is 0 Å². The SMILES string of the molecule is Cc1[nH]c(/C=C2\C(=O)Nc3ccc(F)cc32)c(C)c1C(=O)N[C@H](CO)C(=O)N1CCCCC1. The van der Waals surface area contributed by atoms with Gasteiger partial charge in [0.15, 0.2) is 0 Å². The first-order valence-corrected chi connectivity index (χ1v) is 11.0. The van der Waals surface area contributed by atoms with Gasteiger partial charge in [0, 0.05) is 35.7 Å². The van der Waals surface area contributed by atoms with Crippen molar-refractivity contribution in [3.05, 3.63) is 52.1 Å². The number of piperidine rings is 1. The van der Waals surface area contributed by atoms with Gasteiger partial charge < -0.3 is 25.6 Å². The number of fused-ring (bicyclic) bond motifs is 1. The molecule has 4 N–H and O–H groups in total. The van der Waals surface area contributed by atoms with Crippen molar-refractivity contribution in [3.63, 3.8) is 0 Å². The van der Waals surface area contributed by atoms with Crippen molar-refractivity contribution < 1.29 is 23.9 Å². The van der Waals surface area contributed by atoms with E-state index in [4.69, 9.17) is 0 Å². The number of amides is 3. The molecule has 2 aromatic rings. The maximum Gasteiger partial charge on any atom is 0.256 e. The normalized spacial score (nSPS) is 17.6. The predicted octanol–water partition coefficient (Wildman–Crippen LogP) is 2.37. The fourth-order valence-corrected chi connectivity index (χ4v) is 4.46. The maximum atomic E-state index is 13.7. The summed E-state index contributed by atoms with van der Waals surface area (Å²) < 4.78 is 13.7. The Hall–Kier alpha value is -3.46. The smallest absolute Gasteiger partial charge is 0.256 e. The number of aromatic amines is 1. The molecule has 8 nitrogen and oxygen atoms in total. The van der Waals surface area contributed by atoms with E-state index in [1.807, 2.05) is 0 Å². The third kappa shape index (κ3) is 4.41. The molecule has 9 heteroatoms. The molecule has 2 aliphatic heterocycles. The van der Waals surface area contributed by atoms with E-state index < -0.39 is 24.4 Å². The molecule has 0 spiro atoms. The number of carbonyl (C=O) groups is 3. The highest BCUT2D eigenvalue weighted by molar-refractivity contribution is 6.34. The molecule has 1 fully saturated rings. The second kappa shape index (κ2) is 9.19. The molecule has 3 heterocycles. The van der Waals surface area contributed by atoms with Crippen molar-refractivity contribution in [3.8, 4) is 0 Å². The summed E-state index contributed by atoms with van der Waals surface area (Å²) in [5.74, 6) is -1.60. The molecule has 0 unspecified atom stereocenters. The first kappa shape index (κ1) is 22.7. The lowest BCUT2D eigenvalue weighted by Gasteiger charge is -2.30. The summed E-state index contributed by atoms with van der Waals surface area (Å²) in [4.78, 5) is 43.0. The number of nitrogens with zero attached hydrogens (tertiary/aromatic N) is 1. The molecule has 33 heavy (non-hydrogen) atoms.